The predicted octanol–water partition coefficient (Wildman–Crippen LogP) is 1.60. The monoisotopic (exact) mass is 304 g/mol. The van der Waals surface area contributed by atoms with E-state index in [2.05, 4.69) is 9.17 Å². The molecule has 0 aliphatic rings. The zero-order valence-electron chi connectivity index (χ0n) is 10.6. The lowest BCUT2D eigenvalue weighted by molar-refractivity contribution is -0.310. The van der Waals surface area contributed by atoms with Gasteiger partial charge in [0.2, 0.25) is 11.0 Å². The molecule has 106 valence electrons. The molecule has 0 fully saturated rings. The molecule has 0 bridgehead atoms. The van der Waals surface area contributed by atoms with Crippen molar-refractivity contribution < 1.29 is 26.6 Å². The normalized spacial score (nSPS) is 11.4. The smallest absolute Gasteiger partial charge is 0.352 e. The van der Waals surface area contributed by atoms with Gasteiger partial charge in [0.1, 0.15) is 0 Å². The zero-order valence-corrected chi connectivity index (χ0v) is 11.5. The van der Waals surface area contributed by atoms with Gasteiger partial charge in [-0.05, 0) is 18.2 Å². The Hall–Kier alpha value is -2.67. The van der Waals surface area contributed by atoms with Gasteiger partial charge in [0, 0.05) is 17.5 Å². The Labute approximate surface area is 120 Å². The van der Waals surface area contributed by atoms with E-state index >= 15 is 0 Å². The average molecular weight is 304 g/mol. The van der Waals surface area contributed by atoms with Crippen molar-refractivity contribution in [1.29, 1.82) is 0 Å². The molecule has 6 nitrogen and oxygen atoms in total. The molecule has 0 amide bonds. The van der Waals surface area contributed by atoms with E-state index in [1.54, 1.807) is 18.2 Å². The number of aromatic amines is 1. The highest BCUT2D eigenvalue weighted by atomic mass is 32.3. The molecule has 1 heterocycles. The third kappa shape index (κ3) is 2.63. The summed E-state index contributed by atoms with van der Waals surface area (Å²) in [5.41, 5.74) is 1.61. The molecule has 0 spiro atoms. The lowest BCUT2D eigenvalue weighted by Crippen LogP contribution is -2.13. The highest BCUT2D eigenvalue weighted by Gasteiger charge is 2.18. The van der Waals surface area contributed by atoms with Crippen molar-refractivity contribution in [2.75, 3.05) is 0 Å². The van der Waals surface area contributed by atoms with E-state index in [9.17, 15) is 13.2 Å². The van der Waals surface area contributed by atoms with Gasteiger partial charge in [0.25, 0.3) is 0 Å². The third-order valence-corrected chi connectivity index (χ3v) is 3.64. The van der Waals surface area contributed by atoms with Gasteiger partial charge in [-0.25, -0.2) is 4.98 Å². The fraction of sp³-hybridized carbons (Fsp3) is 0. The Morgan fingerprint density at radius 3 is 2.57 bits per heavy atom. The van der Waals surface area contributed by atoms with E-state index in [-0.39, 0.29) is 12.2 Å². The Bertz CT molecular complexity index is 936. The average Bonchev–Trinajstić information content (AvgIpc) is 2.45. The predicted molar refractivity (Wildman–Crippen MR) is 74.7 cm³/mol. The quantitative estimate of drug-likeness (QED) is 0.540. The lowest BCUT2D eigenvalue weighted by atomic mass is 10.1. The van der Waals surface area contributed by atoms with Crippen molar-refractivity contribution in [3.05, 3.63) is 48.5 Å². The van der Waals surface area contributed by atoms with Crippen molar-refractivity contribution in [3.63, 3.8) is 0 Å². The van der Waals surface area contributed by atoms with Crippen molar-refractivity contribution in [2.45, 2.75) is 0 Å². The molecule has 2 aromatic carbocycles. The van der Waals surface area contributed by atoms with Gasteiger partial charge in [-0.3, -0.25) is 4.79 Å². The molecular formula is C14H10NO5S+. The number of carbonyl (C=O) groups excluding carboxylic acids is 1. The van der Waals surface area contributed by atoms with Crippen LogP contribution < -0.4 is 9.17 Å². The van der Waals surface area contributed by atoms with Crippen molar-refractivity contribution in [2.24, 2.45) is 0 Å². The molecule has 0 unspecified atom stereocenters. The zero-order chi connectivity index (χ0) is 14.9. The van der Waals surface area contributed by atoms with Crippen LogP contribution in [0.4, 0.5) is 0 Å². The van der Waals surface area contributed by atoms with Crippen molar-refractivity contribution in [3.8, 4) is 5.75 Å². The summed E-state index contributed by atoms with van der Waals surface area (Å²) < 4.78 is 31.6. The molecule has 1 N–H and O–H groups in total. The van der Waals surface area contributed by atoms with Gasteiger partial charge in [-0.15, -0.1) is 8.42 Å². The van der Waals surface area contributed by atoms with Gasteiger partial charge >= 0.3 is 16.9 Å². The number of nitrogens with one attached hydrogen (secondary N) is 1. The number of aromatic nitrogens is 1. The SMILES string of the molecule is O=COS(=O)(=O)Oc1cccc2[nH+]c3ccccc3cc12. The minimum Gasteiger partial charge on any atom is -0.352 e. The first-order chi connectivity index (χ1) is 10.1. The van der Waals surface area contributed by atoms with E-state index in [4.69, 9.17) is 4.18 Å². The summed E-state index contributed by atoms with van der Waals surface area (Å²) >= 11 is 0. The van der Waals surface area contributed by atoms with Crippen LogP contribution in [0.5, 0.6) is 5.75 Å². The van der Waals surface area contributed by atoms with Crippen LogP contribution in [0.15, 0.2) is 48.5 Å². The fourth-order valence-electron chi connectivity index (χ4n) is 2.09. The standard InChI is InChI=1S/C14H9NO5S/c16-9-19-21(17,18)20-14-7-3-6-13-11(14)8-10-4-1-2-5-12(10)15-13/h1-9H/p+1. The maximum Gasteiger partial charge on any atom is 0.503 e. The number of pyridine rings is 1. The summed E-state index contributed by atoms with van der Waals surface area (Å²) in [4.78, 5) is 13.3. The van der Waals surface area contributed by atoms with Gasteiger partial charge in [0.05, 0.1) is 5.39 Å². The Morgan fingerprint density at radius 1 is 1.00 bits per heavy atom. The third-order valence-electron chi connectivity index (χ3n) is 2.95. The van der Waals surface area contributed by atoms with E-state index in [1.807, 2.05) is 24.3 Å². The second kappa shape index (κ2) is 5.02. The Balaban J connectivity index is 2.19. The van der Waals surface area contributed by atoms with Gasteiger partial charge in [-0.2, -0.15) is 0 Å². The van der Waals surface area contributed by atoms with Gasteiger partial charge in [-0.1, -0.05) is 18.2 Å². The molecule has 3 aromatic rings. The summed E-state index contributed by atoms with van der Waals surface area (Å²) in [5, 5.41) is 1.46. The van der Waals surface area contributed by atoms with Crippen LogP contribution in [0.25, 0.3) is 21.8 Å². The number of hydrogen-bond donors (Lipinski definition) is 0. The molecule has 0 aliphatic heterocycles. The first-order valence-corrected chi connectivity index (χ1v) is 7.32. The van der Waals surface area contributed by atoms with Gasteiger partial charge < -0.3 is 8.37 Å². The summed E-state index contributed by atoms with van der Waals surface area (Å²) in [5.74, 6) is 0.0800. The molecule has 0 atom stereocenters. The fourth-order valence-corrected chi connectivity index (χ4v) is 2.59. The number of hydrogen-bond acceptors (Lipinski definition) is 5. The number of rotatable bonds is 4. The number of H-pyrrole nitrogens is 1. The maximum atomic E-state index is 11.4. The molecule has 7 heteroatoms. The number of fused-ring (bicyclic) bond motifs is 2. The first-order valence-electron chi connectivity index (χ1n) is 5.99. The highest BCUT2D eigenvalue weighted by Crippen LogP contribution is 2.26. The van der Waals surface area contributed by atoms with E-state index < -0.39 is 10.4 Å². The molecule has 21 heavy (non-hydrogen) atoms. The largest absolute Gasteiger partial charge is 0.503 e. The number of carbonyl (C=O) groups is 1. The van der Waals surface area contributed by atoms with Crippen LogP contribution >= 0.6 is 0 Å². The maximum absolute atomic E-state index is 11.4. The minimum atomic E-state index is -4.41. The van der Waals surface area contributed by atoms with Crippen molar-refractivity contribution >= 4 is 38.7 Å². The first kappa shape index (κ1) is 13.3. The molecule has 0 radical (unpaired) electrons. The minimum absolute atomic E-state index is 0.0800. The Kier molecular flexibility index (Phi) is 3.19. The molecular weight excluding hydrogens is 294 g/mol. The second-order valence-electron chi connectivity index (χ2n) is 4.26. The summed E-state index contributed by atoms with van der Waals surface area (Å²) in [7, 11) is -4.41. The van der Waals surface area contributed by atoms with Crippen LogP contribution in [0.2, 0.25) is 0 Å². The molecule has 0 aliphatic carbocycles. The van der Waals surface area contributed by atoms with Crippen LogP contribution in [-0.2, 0) is 19.4 Å². The molecule has 1 aromatic heterocycles. The lowest BCUT2D eigenvalue weighted by Gasteiger charge is -2.05. The second-order valence-corrected chi connectivity index (χ2v) is 5.43. The molecule has 3 rings (SSSR count). The number of benzene rings is 2. The van der Waals surface area contributed by atoms with Gasteiger partial charge in [0.15, 0.2) is 5.75 Å². The molecule has 0 saturated heterocycles. The van der Waals surface area contributed by atoms with Crippen molar-refractivity contribution in [1.82, 2.24) is 0 Å². The van der Waals surface area contributed by atoms with Crippen LogP contribution in [-0.4, -0.2) is 14.9 Å². The van der Waals surface area contributed by atoms with Crippen LogP contribution in [0, 0.1) is 0 Å². The van der Waals surface area contributed by atoms with E-state index in [1.165, 1.54) is 6.07 Å². The number of para-hydroxylation sites is 1. The van der Waals surface area contributed by atoms with E-state index in [0.717, 1.165) is 10.9 Å². The summed E-state index contributed by atoms with van der Waals surface area (Å²) in [6, 6.07) is 14.3. The topological polar surface area (TPSA) is 83.8 Å². The summed E-state index contributed by atoms with van der Waals surface area (Å²) in [6.45, 7) is -0.192. The molecule has 0 saturated carbocycles. The highest BCUT2D eigenvalue weighted by molar-refractivity contribution is 7.82. The Morgan fingerprint density at radius 2 is 1.76 bits per heavy atom. The van der Waals surface area contributed by atoms with Crippen LogP contribution in [0.1, 0.15) is 0 Å². The van der Waals surface area contributed by atoms with E-state index in [0.29, 0.717) is 10.9 Å². The van der Waals surface area contributed by atoms with Crippen LogP contribution in [0.3, 0.4) is 0 Å². The summed E-state index contributed by atoms with van der Waals surface area (Å²) in [6.07, 6.45) is 0.